The lowest BCUT2D eigenvalue weighted by Gasteiger charge is -2.11. The van der Waals surface area contributed by atoms with Gasteiger partial charge < -0.3 is 10.1 Å². The first-order chi connectivity index (χ1) is 13.5. The average Bonchev–Trinajstić information content (AvgIpc) is 3.14. The van der Waals surface area contributed by atoms with E-state index >= 15 is 0 Å². The summed E-state index contributed by atoms with van der Waals surface area (Å²) in [6, 6.07) is 9.21. The first-order valence-electron chi connectivity index (χ1n) is 8.64. The van der Waals surface area contributed by atoms with Gasteiger partial charge in [-0.3, -0.25) is 9.36 Å². The Morgan fingerprint density at radius 3 is 2.79 bits per heavy atom. The predicted molar refractivity (Wildman–Crippen MR) is 100 cm³/mol. The lowest BCUT2D eigenvalue weighted by Crippen LogP contribution is -2.22. The Morgan fingerprint density at radius 1 is 1.14 bits per heavy atom. The normalized spacial score (nSPS) is 12.8. The van der Waals surface area contributed by atoms with Crippen LogP contribution in [0.4, 0.5) is 8.78 Å². The molecule has 5 nitrogen and oxygen atoms in total. The monoisotopic (exact) mass is 403 g/mol. The zero-order valence-electron chi connectivity index (χ0n) is 14.7. The number of rotatable bonds is 5. The Morgan fingerprint density at radius 2 is 1.96 bits per heavy atom. The maximum Gasteiger partial charge on any atom is 0.276 e. The molecule has 1 N–H and O–H groups in total. The van der Waals surface area contributed by atoms with Crippen molar-refractivity contribution in [1.82, 2.24) is 14.9 Å². The predicted octanol–water partition coefficient (Wildman–Crippen LogP) is 3.41. The summed E-state index contributed by atoms with van der Waals surface area (Å²) in [4.78, 5) is 16.6. The summed E-state index contributed by atoms with van der Waals surface area (Å²) >= 11 is 6.11. The Labute approximate surface area is 164 Å². The van der Waals surface area contributed by atoms with E-state index in [4.69, 9.17) is 16.3 Å². The van der Waals surface area contributed by atoms with Crippen molar-refractivity contribution in [2.45, 2.75) is 26.2 Å². The molecule has 0 atom stereocenters. The summed E-state index contributed by atoms with van der Waals surface area (Å²) < 4.78 is 33.4. The van der Waals surface area contributed by atoms with Crippen LogP contribution < -0.4 is 15.6 Å². The summed E-state index contributed by atoms with van der Waals surface area (Å²) in [5, 5.41) is 3.09. The van der Waals surface area contributed by atoms with Gasteiger partial charge in [-0.15, -0.1) is 0 Å². The average molecular weight is 404 g/mol. The van der Waals surface area contributed by atoms with E-state index in [9.17, 15) is 13.6 Å². The first kappa shape index (κ1) is 18.6. The third-order valence-corrected chi connectivity index (χ3v) is 4.91. The molecule has 0 unspecified atom stereocenters. The lowest BCUT2D eigenvalue weighted by atomic mass is 10.1. The van der Waals surface area contributed by atoms with Gasteiger partial charge in [-0.25, -0.2) is 13.8 Å². The van der Waals surface area contributed by atoms with Gasteiger partial charge in [-0.2, -0.15) is 0 Å². The molecule has 2 heterocycles. The third-order valence-electron chi connectivity index (χ3n) is 4.58. The van der Waals surface area contributed by atoms with Crippen LogP contribution in [0, 0.1) is 11.6 Å². The smallest absolute Gasteiger partial charge is 0.276 e. The van der Waals surface area contributed by atoms with Crippen molar-refractivity contribution < 1.29 is 13.5 Å². The van der Waals surface area contributed by atoms with Crippen LogP contribution in [0.2, 0.25) is 5.02 Å². The number of benzene rings is 2. The molecule has 3 aromatic rings. The summed E-state index contributed by atoms with van der Waals surface area (Å²) in [6.07, 6.45) is 1.34. The van der Waals surface area contributed by atoms with E-state index in [1.807, 2.05) is 12.1 Å². The van der Waals surface area contributed by atoms with Crippen molar-refractivity contribution in [3.8, 4) is 5.88 Å². The van der Waals surface area contributed by atoms with Gasteiger partial charge in [-0.05, 0) is 28.8 Å². The standard InChI is InChI=1S/C20H16ClF2N3O2/c21-18-19(28-10-14-3-4-16(22)6-17(14)23)25-11-26(20(18)27)9-12-1-2-13-7-24-8-15(13)5-12/h1-6,11,24H,7-10H2. The number of hydrogen-bond acceptors (Lipinski definition) is 4. The van der Waals surface area contributed by atoms with Crippen molar-refractivity contribution in [2.75, 3.05) is 0 Å². The fourth-order valence-electron chi connectivity index (χ4n) is 3.09. The highest BCUT2D eigenvalue weighted by Crippen LogP contribution is 2.20. The molecule has 0 amide bonds. The van der Waals surface area contributed by atoms with E-state index in [1.54, 1.807) is 0 Å². The Hall–Kier alpha value is -2.77. The second-order valence-electron chi connectivity index (χ2n) is 6.53. The fourth-order valence-corrected chi connectivity index (χ4v) is 3.30. The van der Waals surface area contributed by atoms with Crippen LogP contribution in [0.1, 0.15) is 22.3 Å². The number of hydrogen-bond donors (Lipinski definition) is 1. The molecule has 8 heteroatoms. The summed E-state index contributed by atoms with van der Waals surface area (Å²) in [6.45, 7) is 1.76. The van der Waals surface area contributed by atoms with Gasteiger partial charge in [0.25, 0.3) is 5.56 Å². The molecule has 1 aliphatic rings. The van der Waals surface area contributed by atoms with Crippen LogP contribution in [0.3, 0.4) is 0 Å². The molecule has 4 rings (SSSR count). The van der Waals surface area contributed by atoms with Crippen LogP contribution >= 0.6 is 11.6 Å². The maximum absolute atomic E-state index is 13.7. The molecule has 0 saturated carbocycles. The highest BCUT2D eigenvalue weighted by atomic mass is 35.5. The molecule has 0 spiro atoms. The quantitative estimate of drug-likeness (QED) is 0.709. The van der Waals surface area contributed by atoms with E-state index in [0.29, 0.717) is 6.54 Å². The van der Waals surface area contributed by atoms with Gasteiger partial charge in [0.15, 0.2) is 5.02 Å². The maximum atomic E-state index is 13.7. The van der Waals surface area contributed by atoms with Gasteiger partial charge in [0, 0.05) is 24.7 Å². The number of halogens is 3. The summed E-state index contributed by atoms with van der Waals surface area (Å²) in [5.74, 6) is -1.51. The van der Waals surface area contributed by atoms with Crippen molar-refractivity contribution in [2.24, 2.45) is 0 Å². The topological polar surface area (TPSA) is 56.1 Å². The molecule has 144 valence electrons. The number of nitrogens with zero attached hydrogens (tertiary/aromatic N) is 2. The molecule has 0 fully saturated rings. The van der Waals surface area contributed by atoms with Crippen LogP contribution in [-0.4, -0.2) is 9.55 Å². The van der Waals surface area contributed by atoms with Crippen molar-refractivity contribution in [1.29, 1.82) is 0 Å². The van der Waals surface area contributed by atoms with Gasteiger partial charge in [0.05, 0.1) is 6.54 Å². The second-order valence-corrected chi connectivity index (χ2v) is 6.91. The zero-order chi connectivity index (χ0) is 19.7. The van der Waals surface area contributed by atoms with Crippen LogP contribution in [0.25, 0.3) is 0 Å². The molecule has 0 saturated heterocycles. The molecule has 0 aliphatic carbocycles. The Bertz CT molecular complexity index is 1100. The molecule has 1 aliphatic heterocycles. The first-order valence-corrected chi connectivity index (χ1v) is 9.02. The Kier molecular flexibility index (Phi) is 5.11. The molecular weight excluding hydrogens is 388 g/mol. The molecular formula is C20H16ClF2N3O2. The second kappa shape index (κ2) is 7.69. The van der Waals surface area contributed by atoms with E-state index in [1.165, 1.54) is 28.1 Å². The highest BCUT2D eigenvalue weighted by Gasteiger charge is 2.14. The minimum Gasteiger partial charge on any atom is -0.471 e. The number of nitrogens with one attached hydrogen (secondary N) is 1. The Balaban J connectivity index is 1.51. The minimum absolute atomic E-state index is 0.0928. The van der Waals surface area contributed by atoms with Crippen molar-refractivity contribution in [3.63, 3.8) is 0 Å². The van der Waals surface area contributed by atoms with E-state index in [0.717, 1.165) is 30.8 Å². The zero-order valence-corrected chi connectivity index (χ0v) is 15.5. The van der Waals surface area contributed by atoms with Crippen LogP contribution in [-0.2, 0) is 26.2 Å². The van der Waals surface area contributed by atoms with Crippen molar-refractivity contribution >= 4 is 11.6 Å². The SMILES string of the molecule is O=c1c(Cl)c(OCc2ccc(F)cc2F)ncn1Cc1ccc2c(c1)CNC2. The van der Waals surface area contributed by atoms with Crippen LogP contribution in [0.5, 0.6) is 5.88 Å². The van der Waals surface area contributed by atoms with Gasteiger partial charge in [0.1, 0.15) is 24.6 Å². The lowest BCUT2D eigenvalue weighted by molar-refractivity contribution is 0.286. The van der Waals surface area contributed by atoms with Crippen molar-refractivity contribution in [3.05, 3.63) is 92.0 Å². The van der Waals surface area contributed by atoms with Crippen LogP contribution in [0.15, 0.2) is 47.5 Å². The number of fused-ring (bicyclic) bond motifs is 1. The number of ether oxygens (including phenoxy) is 1. The van der Waals surface area contributed by atoms with E-state index in [2.05, 4.69) is 16.4 Å². The van der Waals surface area contributed by atoms with Gasteiger partial charge >= 0.3 is 0 Å². The van der Waals surface area contributed by atoms with Gasteiger partial charge in [0.2, 0.25) is 5.88 Å². The molecule has 2 aromatic carbocycles. The molecule has 28 heavy (non-hydrogen) atoms. The molecule has 1 aromatic heterocycles. The molecule has 0 radical (unpaired) electrons. The largest absolute Gasteiger partial charge is 0.471 e. The molecule has 0 bridgehead atoms. The summed E-state index contributed by atoms with van der Waals surface area (Å²) in [5.41, 5.74) is 3.11. The fraction of sp³-hybridized carbons (Fsp3) is 0.200. The summed E-state index contributed by atoms with van der Waals surface area (Å²) in [7, 11) is 0. The number of aromatic nitrogens is 2. The highest BCUT2D eigenvalue weighted by molar-refractivity contribution is 6.31. The van der Waals surface area contributed by atoms with E-state index < -0.39 is 17.2 Å². The third kappa shape index (κ3) is 3.76. The minimum atomic E-state index is -0.740. The van der Waals surface area contributed by atoms with Gasteiger partial charge in [-0.1, -0.05) is 29.8 Å². The van der Waals surface area contributed by atoms with E-state index in [-0.39, 0.29) is 23.1 Å².